The first-order valence-electron chi connectivity index (χ1n) is 7.63. The third-order valence-electron chi connectivity index (χ3n) is 3.62. The van der Waals surface area contributed by atoms with Gasteiger partial charge >= 0.3 is 0 Å². The van der Waals surface area contributed by atoms with Crippen molar-refractivity contribution in [1.82, 2.24) is 20.0 Å². The zero-order valence-corrected chi connectivity index (χ0v) is 13.2. The van der Waals surface area contributed by atoms with Crippen molar-refractivity contribution >= 4 is 11.8 Å². The fourth-order valence-electron chi connectivity index (χ4n) is 2.25. The quantitative estimate of drug-likeness (QED) is 0.575. The Labute approximate surface area is 126 Å². The molecule has 0 saturated carbocycles. The Morgan fingerprint density at radius 1 is 1.19 bits per heavy atom. The number of carbonyl (C=O) groups is 2. The molecular formula is C14H28N4O3. The van der Waals surface area contributed by atoms with Crippen molar-refractivity contribution in [2.45, 2.75) is 13.3 Å². The van der Waals surface area contributed by atoms with Gasteiger partial charge < -0.3 is 15.3 Å². The first kappa shape index (κ1) is 17.9. The molecule has 0 aromatic heterocycles. The van der Waals surface area contributed by atoms with Crippen LogP contribution in [0.25, 0.3) is 0 Å². The van der Waals surface area contributed by atoms with Gasteiger partial charge in [0.1, 0.15) is 0 Å². The Morgan fingerprint density at radius 2 is 1.81 bits per heavy atom. The second kappa shape index (κ2) is 9.70. The number of hydrogen-bond acceptors (Lipinski definition) is 5. The van der Waals surface area contributed by atoms with Crippen LogP contribution in [0.15, 0.2) is 0 Å². The maximum absolute atomic E-state index is 12.1. The Hall–Kier alpha value is -1.18. The molecule has 122 valence electrons. The van der Waals surface area contributed by atoms with Crippen LogP contribution in [0.1, 0.15) is 13.3 Å². The highest BCUT2D eigenvalue weighted by Crippen LogP contribution is 2.01. The SMILES string of the molecule is CCCNC(=O)CN(C)C(=O)CN1CCN(CCO)CC1. The van der Waals surface area contributed by atoms with Crippen LogP contribution < -0.4 is 5.32 Å². The van der Waals surface area contributed by atoms with E-state index in [2.05, 4.69) is 15.1 Å². The number of amides is 2. The smallest absolute Gasteiger partial charge is 0.239 e. The van der Waals surface area contributed by atoms with Crippen LogP contribution in [0.5, 0.6) is 0 Å². The van der Waals surface area contributed by atoms with Gasteiger partial charge in [-0.15, -0.1) is 0 Å². The minimum Gasteiger partial charge on any atom is -0.395 e. The van der Waals surface area contributed by atoms with Gasteiger partial charge in [-0.2, -0.15) is 0 Å². The van der Waals surface area contributed by atoms with Crippen LogP contribution in [0, 0.1) is 0 Å². The van der Waals surface area contributed by atoms with Gasteiger partial charge in [-0.25, -0.2) is 0 Å². The lowest BCUT2D eigenvalue weighted by Gasteiger charge is -2.34. The highest BCUT2D eigenvalue weighted by Gasteiger charge is 2.20. The molecule has 0 aromatic carbocycles. The summed E-state index contributed by atoms with van der Waals surface area (Å²) in [5.74, 6) is -0.141. The molecule has 1 heterocycles. The maximum Gasteiger partial charge on any atom is 0.239 e. The van der Waals surface area contributed by atoms with Crippen LogP contribution in [0.3, 0.4) is 0 Å². The molecule has 0 atom stereocenters. The molecular weight excluding hydrogens is 272 g/mol. The average molecular weight is 300 g/mol. The number of nitrogens with zero attached hydrogens (tertiary/aromatic N) is 3. The van der Waals surface area contributed by atoms with E-state index in [0.29, 0.717) is 19.6 Å². The fraction of sp³-hybridized carbons (Fsp3) is 0.857. The lowest BCUT2D eigenvalue weighted by molar-refractivity contribution is -0.136. The second-order valence-corrected chi connectivity index (χ2v) is 5.44. The summed E-state index contributed by atoms with van der Waals surface area (Å²) in [5.41, 5.74) is 0. The molecule has 2 N–H and O–H groups in total. The summed E-state index contributed by atoms with van der Waals surface area (Å²) in [6.45, 7) is 7.35. The minimum atomic E-state index is -0.111. The summed E-state index contributed by atoms with van der Waals surface area (Å²) < 4.78 is 0. The van der Waals surface area contributed by atoms with E-state index in [9.17, 15) is 9.59 Å². The summed E-state index contributed by atoms with van der Waals surface area (Å²) in [5, 5.41) is 11.7. The van der Waals surface area contributed by atoms with Crippen LogP contribution >= 0.6 is 0 Å². The monoisotopic (exact) mass is 300 g/mol. The number of β-amino-alcohol motifs (C(OH)–C–C–N with tert-alkyl or cyclic N) is 1. The van der Waals surface area contributed by atoms with E-state index in [1.165, 1.54) is 4.90 Å². The first-order chi connectivity index (χ1) is 10.1. The largest absolute Gasteiger partial charge is 0.395 e. The predicted molar refractivity (Wildman–Crippen MR) is 80.9 cm³/mol. The molecule has 1 rings (SSSR count). The molecule has 7 nitrogen and oxygen atoms in total. The van der Waals surface area contributed by atoms with Gasteiger partial charge in [-0.1, -0.05) is 6.92 Å². The Bertz CT molecular complexity index is 330. The number of rotatable bonds is 8. The molecule has 0 unspecified atom stereocenters. The number of likely N-dealkylation sites (N-methyl/N-ethyl adjacent to an activating group) is 1. The van der Waals surface area contributed by atoms with Crippen molar-refractivity contribution in [3.63, 3.8) is 0 Å². The van der Waals surface area contributed by atoms with Crippen LogP contribution in [0.2, 0.25) is 0 Å². The molecule has 0 spiro atoms. The second-order valence-electron chi connectivity index (χ2n) is 5.44. The number of carbonyl (C=O) groups excluding carboxylic acids is 2. The molecule has 1 aliphatic heterocycles. The van der Waals surface area contributed by atoms with Gasteiger partial charge in [-0.05, 0) is 6.42 Å². The lowest BCUT2D eigenvalue weighted by Crippen LogP contribution is -2.50. The van der Waals surface area contributed by atoms with Crippen molar-refractivity contribution in [3.05, 3.63) is 0 Å². The number of aliphatic hydroxyl groups is 1. The molecule has 1 aliphatic rings. The first-order valence-corrected chi connectivity index (χ1v) is 7.63. The topological polar surface area (TPSA) is 76.1 Å². The van der Waals surface area contributed by atoms with Gasteiger partial charge in [0.05, 0.1) is 19.7 Å². The highest BCUT2D eigenvalue weighted by molar-refractivity contribution is 5.85. The van der Waals surface area contributed by atoms with Gasteiger partial charge in [0.25, 0.3) is 0 Å². The van der Waals surface area contributed by atoms with Crippen molar-refractivity contribution < 1.29 is 14.7 Å². The van der Waals surface area contributed by atoms with Crippen LogP contribution in [-0.2, 0) is 9.59 Å². The molecule has 2 amide bonds. The van der Waals surface area contributed by atoms with Crippen molar-refractivity contribution in [2.24, 2.45) is 0 Å². The Morgan fingerprint density at radius 3 is 2.38 bits per heavy atom. The Balaban J connectivity index is 2.25. The summed E-state index contributed by atoms with van der Waals surface area (Å²) in [7, 11) is 1.66. The summed E-state index contributed by atoms with van der Waals surface area (Å²) in [4.78, 5) is 29.4. The third kappa shape index (κ3) is 6.88. The van der Waals surface area contributed by atoms with E-state index in [0.717, 1.165) is 32.6 Å². The Kier molecular flexibility index (Phi) is 8.26. The molecule has 7 heteroatoms. The summed E-state index contributed by atoms with van der Waals surface area (Å²) in [6, 6.07) is 0. The average Bonchev–Trinajstić information content (AvgIpc) is 2.47. The van der Waals surface area contributed by atoms with E-state index in [4.69, 9.17) is 5.11 Å². The van der Waals surface area contributed by atoms with E-state index < -0.39 is 0 Å². The van der Waals surface area contributed by atoms with Crippen molar-refractivity contribution in [1.29, 1.82) is 0 Å². The van der Waals surface area contributed by atoms with E-state index in [-0.39, 0.29) is 25.0 Å². The van der Waals surface area contributed by atoms with E-state index in [1.807, 2.05) is 6.92 Å². The van der Waals surface area contributed by atoms with Gasteiger partial charge in [-0.3, -0.25) is 19.4 Å². The van der Waals surface area contributed by atoms with Crippen LogP contribution in [-0.4, -0.2) is 97.6 Å². The van der Waals surface area contributed by atoms with E-state index >= 15 is 0 Å². The molecule has 21 heavy (non-hydrogen) atoms. The zero-order chi connectivity index (χ0) is 15.7. The molecule has 1 fully saturated rings. The van der Waals surface area contributed by atoms with Crippen LogP contribution in [0.4, 0.5) is 0 Å². The highest BCUT2D eigenvalue weighted by atomic mass is 16.3. The number of piperazine rings is 1. The number of nitrogens with one attached hydrogen (secondary N) is 1. The minimum absolute atomic E-state index is 0.0303. The van der Waals surface area contributed by atoms with Gasteiger partial charge in [0, 0.05) is 46.3 Å². The third-order valence-corrected chi connectivity index (χ3v) is 3.62. The fourth-order valence-corrected chi connectivity index (χ4v) is 2.25. The predicted octanol–water partition coefficient (Wildman–Crippen LogP) is -1.42. The van der Waals surface area contributed by atoms with Gasteiger partial charge in [0.2, 0.25) is 11.8 Å². The number of hydrogen-bond donors (Lipinski definition) is 2. The zero-order valence-electron chi connectivity index (χ0n) is 13.2. The van der Waals surface area contributed by atoms with Gasteiger partial charge in [0.15, 0.2) is 0 Å². The van der Waals surface area contributed by atoms with Crippen molar-refractivity contribution in [2.75, 3.05) is 66.0 Å². The lowest BCUT2D eigenvalue weighted by atomic mass is 10.3. The standard InChI is InChI=1S/C14H28N4O3/c1-3-4-15-13(20)11-16(2)14(21)12-18-7-5-17(6-8-18)9-10-19/h19H,3-12H2,1-2H3,(H,15,20). The normalized spacial score (nSPS) is 16.7. The number of aliphatic hydroxyl groups excluding tert-OH is 1. The molecule has 1 saturated heterocycles. The summed E-state index contributed by atoms with van der Waals surface area (Å²) in [6.07, 6.45) is 0.890. The molecule has 0 bridgehead atoms. The molecule has 0 aliphatic carbocycles. The maximum atomic E-state index is 12.1. The molecule has 0 radical (unpaired) electrons. The molecule has 0 aromatic rings. The summed E-state index contributed by atoms with van der Waals surface area (Å²) >= 11 is 0. The van der Waals surface area contributed by atoms with E-state index in [1.54, 1.807) is 7.05 Å². The van der Waals surface area contributed by atoms with Crippen molar-refractivity contribution in [3.8, 4) is 0 Å².